The topological polar surface area (TPSA) is 103 Å². The average molecular weight is 238 g/mol. The minimum atomic E-state index is -0.939. The van der Waals surface area contributed by atoms with Crippen molar-refractivity contribution in [3.05, 3.63) is 12.2 Å². The lowest BCUT2D eigenvalue weighted by Crippen LogP contribution is -2.51. The number of primary amides is 1. The van der Waals surface area contributed by atoms with Gasteiger partial charge in [-0.2, -0.15) is 0 Å². The van der Waals surface area contributed by atoms with Gasteiger partial charge in [0.05, 0.1) is 12.1 Å². The lowest BCUT2D eigenvalue weighted by atomic mass is 9.98. The van der Waals surface area contributed by atoms with E-state index in [4.69, 9.17) is 11.5 Å². The Hall–Kier alpha value is -1.47. The van der Waals surface area contributed by atoms with Gasteiger partial charge in [0.1, 0.15) is 12.2 Å². The molecule has 2 heterocycles. The number of carbonyl (C=O) groups is 1. The maximum atomic E-state index is 11.1. The van der Waals surface area contributed by atoms with E-state index >= 15 is 0 Å². The molecule has 4 N–H and O–H groups in total. The van der Waals surface area contributed by atoms with Crippen molar-refractivity contribution in [1.29, 1.82) is 0 Å². The number of amides is 1. The summed E-state index contributed by atoms with van der Waals surface area (Å²) in [6.45, 7) is 4.94. The van der Waals surface area contributed by atoms with Crippen molar-refractivity contribution >= 4 is 5.91 Å². The molecule has 7 nitrogen and oxygen atoms in total. The van der Waals surface area contributed by atoms with E-state index in [1.807, 2.05) is 4.57 Å². The van der Waals surface area contributed by atoms with Gasteiger partial charge in [0.2, 0.25) is 5.91 Å². The van der Waals surface area contributed by atoms with E-state index in [1.165, 1.54) is 0 Å². The first-order valence-corrected chi connectivity index (χ1v) is 5.67. The summed E-state index contributed by atoms with van der Waals surface area (Å²) in [6, 6.07) is 0. The maximum absolute atomic E-state index is 11.1. The number of aromatic nitrogens is 3. The highest BCUT2D eigenvalue weighted by atomic mass is 16.1. The van der Waals surface area contributed by atoms with Crippen LogP contribution in [0.25, 0.3) is 0 Å². The van der Waals surface area contributed by atoms with Gasteiger partial charge in [-0.25, -0.2) is 0 Å². The summed E-state index contributed by atoms with van der Waals surface area (Å²) in [4.78, 5) is 13.3. The predicted molar refractivity (Wildman–Crippen MR) is 61.7 cm³/mol. The lowest BCUT2D eigenvalue weighted by molar-refractivity contribution is -0.122. The fourth-order valence-electron chi connectivity index (χ4n) is 1.82. The monoisotopic (exact) mass is 238 g/mol. The molecular weight excluding hydrogens is 220 g/mol. The van der Waals surface area contributed by atoms with Crippen molar-refractivity contribution in [2.24, 2.45) is 11.5 Å². The Morgan fingerprint density at radius 1 is 1.59 bits per heavy atom. The van der Waals surface area contributed by atoms with Gasteiger partial charge < -0.3 is 16.0 Å². The molecule has 2 rings (SSSR count). The highest BCUT2D eigenvalue weighted by Crippen LogP contribution is 2.12. The summed E-state index contributed by atoms with van der Waals surface area (Å²) in [5.74, 6) is 0.492. The Bertz CT molecular complexity index is 413. The van der Waals surface area contributed by atoms with Crippen molar-refractivity contribution in [3.8, 4) is 0 Å². The average Bonchev–Trinajstić information content (AvgIpc) is 2.73. The minimum Gasteiger partial charge on any atom is -0.368 e. The van der Waals surface area contributed by atoms with Gasteiger partial charge in [-0.3, -0.25) is 9.69 Å². The van der Waals surface area contributed by atoms with Crippen LogP contribution in [-0.4, -0.2) is 44.2 Å². The molecule has 0 radical (unpaired) electrons. The van der Waals surface area contributed by atoms with Gasteiger partial charge in [-0.05, 0) is 13.3 Å². The maximum Gasteiger partial charge on any atom is 0.237 e. The third-order valence-corrected chi connectivity index (χ3v) is 3.23. The fraction of sp³-hybridized carbons (Fsp3) is 0.700. The second kappa shape index (κ2) is 4.42. The molecule has 94 valence electrons. The van der Waals surface area contributed by atoms with Crippen LogP contribution in [0.1, 0.15) is 19.2 Å². The molecule has 1 amide bonds. The Morgan fingerprint density at radius 3 is 3.06 bits per heavy atom. The molecular formula is C10H18N6O. The largest absolute Gasteiger partial charge is 0.368 e. The Balaban J connectivity index is 1.88. The molecule has 1 atom stereocenters. The van der Waals surface area contributed by atoms with Crippen LogP contribution in [0.4, 0.5) is 0 Å². The van der Waals surface area contributed by atoms with Crippen LogP contribution in [0.15, 0.2) is 6.33 Å². The van der Waals surface area contributed by atoms with Gasteiger partial charge in [-0.15, -0.1) is 10.2 Å². The molecule has 0 aliphatic carbocycles. The first kappa shape index (κ1) is 12.0. The van der Waals surface area contributed by atoms with Gasteiger partial charge in [0.15, 0.2) is 0 Å². The van der Waals surface area contributed by atoms with E-state index in [1.54, 1.807) is 13.3 Å². The van der Waals surface area contributed by atoms with Gasteiger partial charge in [0, 0.05) is 19.6 Å². The van der Waals surface area contributed by atoms with Crippen LogP contribution in [0, 0.1) is 0 Å². The van der Waals surface area contributed by atoms with Crippen molar-refractivity contribution in [1.82, 2.24) is 19.7 Å². The smallest absolute Gasteiger partial charge is 0.237 e. The standard InChI is InChI=1S/C10H18N6O/c1-10(12,9(11)17)2-3-15-4-5-16-7-13-14-8(16)6-15/h7H,2-6,12H2,1H3,(H2,11,17). The zero-order valence-electron chi connectivity index (χ0n) is 9.96. The molecule has 17 heavy (non-hydrogen) atoms. The second-order valence-corrected chi connectivity index (χ2v) is 4.75. The summed E-state index contributed by atoms with van der Waals surface area (Å²) in [6.07, 6.45) is 2.29. The third kappa shape index (κ3) is 2.62. The summed E-state index contributed by atoms with van der Waals surface area (Å²) in [7, 11) is 0. The van der Waals surface area contributed by atoms with Crippen LogP contribution in [0.3, 0.4) is 0 Å². The van der Waals surface area contributed by atoms with Gasteiger partial charge >= 0.3 is 0 Å². The van der Waals surface area contributed by atoms with E-state index in [0.717, 1.165) is 32.0 Å². The van der Waals surface area contributed by atoms with E-state index in [0.29, 0.717) is 6.42 Å². The van der Waals surface area contributed by atoms with Crippen molar-refractivity contribution in [3.63, 3.8) is 0 Å². The molecule has 0 bridgehead atoms. The number of carbonyl (C=O) groups excluding carboxylic acids is 1. The van der Waals surface area contributed by atoms with Crippen LogP contribution < -0.4 is 11.5 Å². The van der Waals surface area contributed by atoms with Crippen molar-refractivity contribution in [2.75, 3.05) is 13.1 Å². The molecule has 1 aromatic heterocycles. The molecule has 1 aromatic rings. The predicted octanol–water partition coefficient (Wildman–Crippen LogP) is -1.31. The normalized spacial score (nSPS) is 19.6. The summed E-state index contributed by atoms with van der Waals surface area (Å²) >= 11 is 0. The van der Waals surface area contributed by atoms with Crippen molar-refractivity contribution in [2.45, 2.75) is 32.0 Å². The van der Waals surface area contributed by atoms with Gasteiger partial charge in [0.25, 0.3) is 0 Å². The van der Waals surface area contributed by atoms with E-state index < -0.39 is 11.4 Å². The number of rotatable bonds is 4. The summed E-state index contributed by atoms with van der Waals surface area (Å²) in [5.41, 5.74) is 10.1. The number of hydrogen-bond donors (Lipinski definition) is 2. The van der Waals surface area contributed by atoms with Crippen LogP contribution in [0.2, 0.25) is 0 Å². The molecule has 0 saturated carbocycles. The van der Waals surface area contributed by atoms with Crippen LogP contribution in [-0.2, 0) is 17.9 Å². The zero-order chi connectivity index (χ0) is 12.5. The van der Waals surface area contributed by atoms with Gasteiger partial charge in [-0.1, -0.05) is 0 Å². The third-order valence-electron chi connectivity index (χ3n) is 3.23. The first-order valence-electron chi connectivity index (χ1n) is 5.67. The van der Waals surface area contributed by atoms with E-state index in [2.05, 4.69) is 15.1 Å². The highest BCUT2D eigenvalue weighted by Gasteiger charge is 2.27. The molecule has 1 aliphatic heterocycles. The van der Waals surface area contributed by atoms with Crippen molar-refractivity contribution < 1.29 is 4.79 Å². The molecule has 0 saturated heterocycles. The minimum absolute atomic E-state index is 0.460. The zero-order valence-corrected chi connectivity index (χ0v) is 9.96. The Morgan fingerprint density at radius 2 is 2.35 bits per heavy atom. The van der Waals surface area contributed by atoms with Crippen LogP contribution in [0.5, 0.6) is 0 Å². The van der Waals surface area contributed by atoms with E-state index in [-0.39, 0.29) is 0 Å². The quantitative estimate of drug-likeness (QED) is 0.677. The molecule has 1 unspecified atom stereocenters. The second-order valence-electron chi connectivity index (χ2n) is 4.75. The highest BCUT2D eigenvalue weighted by molar-refractivity contribution is 5.83. The number of fused-ring (bicyclic) bond motifs is 1. The fourth-order valence-corrected chi connectivity index (χ4v) is 1.82. The number of hydrogen-bond acceptors (Lipinski definition) is 5. The summed E-state index contributed by atoms with van der Waals surface area (Å²) < 4.78 is 2.03. The number of nitrogens with zero attached hydrogens (tertiary/aromatic N) is 4. The SMILES string of the molecule is CC(N)(CCN1CCn2cnnc2C1)C(N)=O. The molecule has 1 aliphatic rings. The molecule has 0 aromatic carbocycles. The summed E-state index contributed by atoms with van der Waals surface area (Å²) in [5, 5.41) is 7.90. The lowest BCUT2D eigenvalue weighted by Gasteiger charge is -2.29. The van der Waals surface area contributed by atoms with Crippen LogP contribution >= 0.6 is 0 Å². The number of nitrogens with two attached hydrogens (primary N) is 2. The molecule has 0 fully saturated rings. The molecule has 0 spiro atoms. The Kier molecular flexibility index (Phi) is 3.12. The first-order chi connectivity index (χ1) is 7.99. The molecule has 7 heteroatoms. The Labute approximate surface area is 99.8 Å². The van der Waals surface area contributed by atoms with E-state index in [9.17, 15) is 4.79 Å².